The number of fused-ring (bicyclic) bond motifs is 1. The predicted octanol–water partition coefficient (Wildman–Crippen LogP) is 2.68. The standard InChI is InChI=1S/C10H9ClN2O/c1-2-14-7-3-4-8-9(5-7)12-6-10(11)13-8/h3-6H,2H2,1H3. The number of rotatable bonds is 2. The Bertz CT molecular complexity index is 459. The van der Waals surface area contributed by atoms with Crippen molar-refractivity contribution >= 4 is 22.6 Å². The Morgan fingerprint density at radius 1 is 1.36 bits per heavy atom. The fourth-order valence-electron chi connectivity index (χ4n) is 1.22. The predicted molar refractivity (Wildman–Crippen MR) is 55.7 cm³/mol. The molecule has 1 heterocycles. The van der Waals surface area contributed by atoms with Gasteiger partial charge in [-0.15, -0.1) is 0 Å². The van der Waals surface area contributed by atoms with Crippen molar-refractivity contribution in [3.8, 4) is 5.75 Å². The van der Waals surface area contributed by atoms with Crippen LogP contribution in [0, 0.1) is 0 Å². The van der Waals surface area contributed by atoms with Crippen molar-refractivity contribution in [2.24, 2.45) is 0 Å². The van der Waals surface area contributed by atoms with E-state index in [9.17, 15) is 0 Å². The van der Waals surface area contributed by atoms with E-state index in [1.807, 2.05) is 25.1 Å². The first-order valence-electron chi connectivity index (χ1n) is 4.34. The third kappa shape index (κ3) is 1.77. The molecule has 2 rings (SSSR count). The van der Waals surface area contributed by atoms with Crippen LogP contribution in [-0.2, 0) is 0 Å². The lowest BCUT2D eigenvalue weighted by Crippen LogP contribution is -1.92. The average molecular weight is 209 g/mol. The second-order valence-corrected chi connectivity index (χ2v) is 3.16. The van der Waals surface area contributed by atoms with Crippen LogP contribution in [0.5, 0.6) is 5.75 Å². The van der Waals surface area contributed by atoms with E-state index in [-0.39, 0.29) is 0 Å². The van der Waals surface area contributed by atoms with E-state index in [0.717, 1.165) is 16.8 Å². The van der Waals surface area contributed by atoms with Gasteiger partial charge in [0.15, 0.2) is 0 Å². The molecule has 2 aromatic rings. The zero-order valence-corrected chi connectivity index (χ0v) is 8.45. The Morgan fingerprint density at radius 2 is 2.21 bits per heavy atom. The van der Waals surface area contributed by atoms with Crippen molar-refractivity contribution < 1.29 is 4.74 Å². The van der Waals surface area contributed by atoms with Crippen molar-refractivity contribution in [2.45, 2.75) is 6.92 Å². The van der Waals surface area contributed by atoms with Crippen molar-refractivity contribution in [2.75, 3.05) is 6.61 Å². The first-order chi connectivity index (χ1) is 6.79. The number of hydrogen-bond donors (Lipinski definition) is 0. The second-order valence-electron chi connectivity index (χ2n) is 2.78. The number of aromatic nitrogens is 2. The van der Waals surface area contributed by atoms with Crippen LogP contribution in [-0.4, -0.2) is 16.6 Å². The molecule has 0 radical (unpaired) electrons. The minimum absolute atomic E-state index is 0.404. The molecule has 0 aliphatic heterocycles. The quantitative estimate of drug-likeness (QED) is 0.761. The molecule has 0 bridgehead atoms. The highest BCUT2D eigenvalue weighted by molar-refractivity contribution is 6.29. The smallest absolute Gasteiger partial charge is 0.148 e. The molecule has 4 heteroatoms. The van der Waals surface area contributed by atoms with Gasteiger partial charge in [-0.2, -0.15) is 0 Å². The van der Waals surface area contributed by atoms with Gasteiger partial charge in [-0.1, -0.05) is 11.6 Å². The number of ether oxygens (including phenoxy) is 1. The van der Waals surface area contributed by atoms with E-state index in [1.54, 1.807) is 0 Å². The van der Waals surface area contributed by atoms with Gasteiger partial charge in [-0.25, -0.2) is 4.98 Å². The molecule has 0 saturated heterocycles. The molecule has 0 saturated carbocycles. The van der Waals surface area contributed by atoms with Crippen LogP contribution < -0.4 is 4.74 Å². The molecule has 0 spiro atoms. The summed E-state index contributed by atoms with van der Waals surface area (Å²) in [4.78, 5) is 8.27. The summed E-state index contributed by atoms with van der Waals surface area (Å²) >= 11 is 5.71. The van der Waals surface area contributed by atoms with Crippen LogP contribution in [0.15, 0.2) is 24.4 Å². The van der Waals surface area contributed by atoms with Crippen LogP contribution in [0.4, 0.5) is 0 Å². The van der Waals surface area contributed by atoms with Crippen LogP contribution >= 0.6 is 11.6 Å². The first-order valence-corrected chi connectivity index (χ1v) is 4.72. The molecular formula is C10H9ClN2O. The lowest BCUT2D eigenvalue weighted by atomic mass is 10.3. The van der Waals surface area contributed by atoms with Gasteiger partial charge in [0.05, 0.1) is 23.8 Å². The van der Waals surface area contributed by atoms with Crippen LogP contribution in [0.25, 0.3) is 11.0 Å². The lowest BCUT2D eigenvalue weighted by Gasteiger charge is -2.03. The number of halogens is 1. The summed E-state index contributed by atoms with van der Waals surface area (Å²) in [6.45, 7) is 2.59. The molecule has 3 nitrogen and oxygen atoms in total. The maximum Gasteiger partial charge on any atom is 0.148 e. The molecule has 0 aliphatic carbocycles. The molecule has 0 fully saturated rings. The van der Waals surface area contributed by atoms with Gasteiger partial charge < -0.3 is 4.74 Å². The van der Waals surface area contributed by atoms with Crippen LogP contribution in [0.2, 0.25) is 5.15 Å². The number of nitrogens with zero attached hydrogens (tertiary/aromatic N) is 2. The molecule has 72 valence electrons. The lowest BCUT2D eigenvalue weighted by molar-refractivity contribution is 0.340. The van der Waals surface area contributed by atoms with Gasteiger partial charge >= 0.3 is 0 Å². The first kappa shape index (κ1) is 9.21. The molecule has 0 amide bonds. The topological polar surface area (TPSA) is 35.0 Å². The zero-order chi connectivity index (χ0) is 9.97. The summed E-state index contributed by atoms with van der Waals surface area (Å²) in [6, 6.07) is 5.55. The zero-order valence-electron chi connectivity index (χ0n) is 7.70. The summed E-state index contributed by atoms with van der Waals surface area (Å²) in [5.74, 6) is 0.802. The van der Waals surface area contributed by atoms with Gasteiger partial charge in [-0.3, -0.25) is 4.98 Å². The summed E-state index contributed by atoms with van der Waals surface area (Å²) in [7, 11) is 0. The highest BCUT2D eigenvalue weighted by Gasteiger charge is 1.99. The molecule has 0 atom stereocenters. The normalized spacial score (nSPS) is 10.4. The van der Waals surface area contributed by atoms with Crippen molar-refractivity contribution in [3.63, 3.8) is 0 Å². The summed E-state index contributed by atoms with van der Waals surface area (Å²) < 4.78 is 5.34. The van der Waals surface area contributed by atoms with E-state index in [2.05, 4.69) is 9.97 Å². The van der Waals surface area contributed by atoms with Crippen molar-refractivity contribution in [1.82, 2.24) is 9.97 Å². The summed E-state index contributed by atoms with van der Waals surface area (Å²) in [6.07, 6.45) is 1.53. The maximum absolute atomic E-state index is 5.71. The van der Waals surface area contributed by atoms with Crippen molar-refractivity contribution in [3.05, 3.63) is 29.5 Å². The van der Waals surface area contributed by atoms with Crippen LogP contribution in [0.3, 0.4) is 0 Å². The third-order valence-electron chi connectivity index (χ3n) is 1.80. The Kier molecular flexibility index (Phi) is 2.50. The number of benzene rings is 1. The molecule has 1 aromatic carbocycles. The van der Waals surface area contributed by atoms with E-state index in [1.165, 1.54) is 6.20 Å². The summed E-state index contributed by atoms with van der Waals surface area (Å²) in [5, 5.41) is 0.404. The SMILES string of the molecule is CCOc1ccc2nc(Cl)cnc2c1. The fraction of sp³-hybridized carbons (Fsp3) is 0.200. The average Bonchev–Trinajstić information content (AvgIpc) is 2.19. The molecule has 0 unspecified atom stereocenters. The molecule has 0 aliphatic rings. The highest BCUT2D eigenvalue weighted by Crippen LogP contribution is 2.18. The Labute approximate surface area is 86.7 Å². The van der Waals surface area contributed by atoms with Crippen molar-refractivity contribution in [1.29, 1.82) is 0 Å². The minimum atomic E-state index is 0.404. The third-order valence-corrected chi connectivity index (χ3v) is 1.98. The molecular weight excluding hydrogens is 200 g/mol. The van der Waals surface area contributed by atoms with Gasteiger partial charge in [0.2, 0.25) is 0 Å². The van der Waals surface area contributed by atoms with Gasteiger partial charge in [0.25, 0.3) is 0 Å². The summed E-state index contributed by atoms with van der Waals surface area (Å²) in [5.41, 5.74) is 1.57. The highest BCUT2D eigenvalue weighted by atomic mass is 35.5. The van der Waals surface area contributed by atoms with Gasteiger partial charge in [0.1, 0.15) is 10.9 Å². The van der Waals surface area contributed by atoms with E-state index in [4.69, 9.17) is 16.3 Å². The fourth-order valence-corrected chi connectivity index (χ4v) is 1.36. The van der Waals surface area contributed by atoms with E-state index in [0.29, 0.717) is 11.8 Å². The van der Waals surface area contributed by atoms with Gasteiger partial charge in [0, 0.05) is 6.07 Å². The van der Waals surface area contributed by atoms with E-state index < -0.39 is 0 Å². The molecule has 14 heavy (non-hydrogen) atoms. The molecule has 1 aromatic heterocycles. The Morgan fingerprint density at radius 3 is 3.00 bits per heavy atom. The van der Waals surface area contributed by atoms with Crippen LogP contribution in [0.1, 0.15) is 6.92 Å². The maximum atomic E-state index is 5.71. The Hall–Kier alpha value is -1.35. The molecule has 0 N–H and O–H groups in total. The van der Waals surface area contributed by atoms with Gasteiger partial charge in [-0.05, 0) is 19.1 Å². The largest absolute Gasteiger partial charge is 0.494 e. The second kappa shape index (κ2) is 3.80. The van der Waals surface area contributed by atoms with E-state index >= 15 is 0 Å². The number of hydrogen-bond acceptors (Lipinski definition) is 3. The Balaban J connectivity index is 2.50. The monoisotopic (exact) mass is 208 g/mol. The minimum Gasteiger partial charge on any atom is -0.494 e.